The van der Waals surface area contributed by atoms with Gasteiger partial charge in [0, 0.05) is 5.69 Å². The number of rotatable bonds is 2. The summed E-state index contributed by atoms with van der Waals surface area (Å²) in [4.78, 5) is 0. The number of nitrogens with two attached hydrogens (primary N) is 1. The second-order valence-electron chi connectivity index (χ2n) is 4.46. The molecule has 0 aromatic heterocycles. The standard InChI is InChI=1S/C12H19N.Li.H/c1-9(2)12(3,4)10-7-5-6-8-11(10)13;;/h5-9H,13H2,1-4H3;;/q;+1;-1. The van der Waals surface area contributed by atoms with Gasteiger partial charge in [0.1, 0.15) is 0 Å². The molecular formula is C12H20LiN. The normalized spacial score (nSPS) is 11.2. The van der Waals surface area contributed by atoms with Crippen molar-refractivity contribution in [3.8, 4) is 0 Å². The molecule has 0 amide bonds. The SMILES string of the molecule is CC(C)C(C)(C)c1ccccc1N.[H-].[Li+]. The Hall–Kier alpha value is -0.383. The fourth-order valence-electron chi connectivity index (χ4n) is 1.39. The summed E-state index contributed by atoms with van der Waals surface area (Å²) in [7, 11) is 0. The zero-order chi connectivity index (χ0) is 10.1. The summed E-state index contributed by atoms with van der Waals surface area (Å²) in [5.41, 5.74) is 8.26. The minimum Gasteiger partial charge on any atom is -1.00 e. The van der Waals surface area contributed by atoms with Crippen molar-refractivity contribution in [1.82, 2.24) is 0 Å². The molecule has 1 aromatic carbocycles. The topological polar surface area (TPSA) is 26.0 Å². The molecule has 0 saturated carbocycles. The number of benzene rings is 1. The van der Waals surface area contributed by atoms with Gasteiger partial charge in [-0.3, -0.25) is 0 Å². The van der Waals surface area contributed by atoms with Gasteiger partial charge in [-0.05, 0) is 23.0 Å². The van der Waals surface area contributed by atoms with Gasteiger partial charge in [-0.25, -0.2) is 0 Å². The van der Waals surface area contributed by atoms with Gasteiger partial charge in [0.2, 0.25) is 0 Å². The molecule has 0 aliphatic heterocycles. The van der Waals surface area contributed by atoms with E-state index >= 15 is 0 Å². The molecule has 0 radical (unpaired) electrons. The summed E-state index contributed by atoms with van der Waals surface area (Å²) >= 11 is 0. The summed E-state index contributed by atoms with van der Waals surface area (Å²) in [5.74, 6) is 0.595. The van der Waals surface area contributed by atoms with Crippen molar-refractivity contribution in [2.75, 3.05) is 5.73 Å². The van der Waals surface area contributed by atoms with Crippen LogP contribution >= 0.6 is 0 Å². The number of hydrogen-bond acceptors (Lipinski definition) is 1. The van der Waals surface area contributed by atoms with Gasteiger partial charge in [-0.2, -0.15) is 0 Å². The molecule has 0 heterocycles. The predicted octanol–water partition coefficient (Wildman–Crippen LogP) is 0.319. The molecule has 0 aliphatic carbocycles. The third-order valence-corrected chi connectivity index (χ3v) is 3.10. The zero-order valence-electron chi connectivity index (χ0n) is 11.0. The molecule has 2 heteroatoms. The fourth-order valence-corrected chi connectivity index (χ4v) is 1.39. The van der Waals surface area contributed by atoms with E-state index in [1.807, 2.05) is 12.1 Å². The van der Waals surface area contributed by atoms with Gasteiger partial charge in [-0.1, -0.05) is 45.9 Å². The Bertz CT molecular complexity index is 297. The molecule has 74 valence electrons. The van der Waals surface area contributed by atoms with Crippen LogP contribution in [0.4, 0.5) is 5.69 Å². The van der Waals surface area contributed by atoms with Gasteiger partial charge in [0.25, 0.3) is 0 Å². The first-order chi connectivity index (χ1) is 5.96. The van der Waals surface area contributed by atoms with Crippen molar-refractivity contribution in [3.63, 3.8) is 0 Å². The third-order valence-electron chi connectivity index (χ3n) is 3.10. The van der Waals surface area contributed by atoms with E-state index in [0.717, 1.165) is 5.69 Å². The number of anilines is 1. The molecule has 0 atom stereocenters. The van der Waals surface area contributed by atoms with Crippen molar-refractivity contribution in [3.05, 3.63) is 29.8 Å². The van der Waals surface area contributed by atoms with Crippen LogP contribution in [0.5, 0.6) is 0 Å². The Labute approximate surface area is 101 Å². The maximum Gasteiger partial charge on any atom is 1.00 e. The molecule has 0 spiro atoms. The van der Waals surface area contributed by atoms with Gasteiger partial charge < -0.3 is 7.16 Å². The van der Waals surface area contributed by atoms with Crippen LogP contribution < -0.4 is 24.6 Å². The summed E-state index contributed by atoms with van der Waals surface area (Å²) in [5, 5.41) is 0. The molecule has 0 fully saturated rings. The van der Waals surface area contributed by atoms with Crippen LogP contribution in [-0.4, -0.2) is 0 Å². The van der Waals surface area contributed by atoms with Gasteiger partial charge in [0.05, 0.1) is 0 Å². The molecule has 0 aliphatic rings. The summed E-state index contributed by atoms with van der Waals surface area (Å²) in [6.45, 7) is 8.94. The molecule has 14 heavy (non-hydrogen) atoms. The quantitative estimate of drug-likeness (QED) is 0.521. The van der Waals surface area contributed by atoms with Gasteiger partial charge >= 0.3 is 18.9 Å². The van der Waals surface area contributed by atoms with Crippen molar-refractivity contribution >= 4 is 5.69 Å². The summed E-state index contributed by atoms with van der Waals surface area (Å²) in [6, 6.07) is 8.12. The maximum atomic E-state index is 5.94. The number of hydrogen-bond donors (Lipinski definition) is 1. The van der Waals surface area contributed by atoms with Crippen LogP contribution in [0.2, 0.25) is 0 Å². The molecule has 2 N–H and O–H groups in total. The number of nitrogen functional groups attached to an aromatic ring is 1. The maximum absolute atomic E-state index is 5.94. The summed E-state index contributed by atoms with van der Waals surface area (Å²) < 4.78 is 0. The zero-order valence-corrected chi connectivity index (χ0v) is 9.96. The molecule has 0 saturated heterocycles. The predicted molar refractivity (Wildman–Crippen MR) is 59.8 cm³/mol. The van der Waals surface area contributed by atoms with Gasteiger partial charge in [0.15, 0.2) is 0 Å². The first-order valence-electron chi connectivity index (χ1n) is 4.81. The molecule has 1 rings (SSSR count). The molecule has 1 aromatic rings. The van der Waals surface area contributed by atoms with Crippen LogP contribution in [0, 0.1) is 5.92 Å². The Morgan fingerprint density at radius 2 is 1.71 bits per heavy atom. The third kappa shape index (κ3) is 2.56. The first kappa shape index (κ1) is 13.6. The monoisotopic (exact) mass is 185 g/mol. The fraction of sp³-hybridized carbons (Fsp3) is 0.500. The smallest absolute Gasteiger partial charge is 1.00 e. The first-order valence-corrected chi connectivity index (χ1v) is 4.81. The van der Waals surface area contributed by atoms with E-state index in [1.165, 1.54) is 5.56 Å². The second-order valence-corrected chi connectivity index (χ2v) is 4.46. The second kappa shape index (κ2) is 4.91. The minimum atomic E-state index is 0. The van der Waals surface area contributed by atoms with Crippen molar-refractivity contribution in [2.24, 2.45) is 5.92 Å². The Kier molecular flexibility index (Phi) is 4.78. The van der Waals surface area contributed by atoms with Crippen LogP contribution in [0.3, 0.4) is 0 Å². The minimum absolute atomic E-state index is 0. The molecule has 0 unspecified atom stereocenters. The molecular weight excluding hydrogens is 165 g/mol. The average Bonchev–Trinajstić information content (AvgIpc) is 2.04. The van der Waals surface area contributed by atoms with Crippen molar-refractivity contribution in [1.29, 1.82) is 0 Å². The van der Waals surface area contributed by atoms with E-state index < -0.39 is 0 Å². The van der Waals surface area contributed by atoms with E-state index in [2.05, 4.69) is 39.8 Å². The average molecular weight is 185 g/mol. The van der Waals surface area contributed by atoms with Crippen LogP contribution in [0.25, 0.3) is 0 Å². The Morgan fingerprint density at radius 3 is 2.14 bits per heavy atom. The van der Waals surface area contributed by atoms with Crippen LogP contribution in [0.1, 0.15) is 34.7 Å². The molecule has 1 nitrogen and oxygen atoms in total. The van der Waals surface area contributed by atoms with E-state index in [4.69, 9.17) is 5.73 Å². The molecule has 0 bridgehead atoms. The van der Waals surface area contributed by atoms with Gasteiger partial charge in [-0.15, -0.1) is 0 Å². The van der Waals surface area contributed by atoms with E-state index in [-0.39, 0.29) is 25.7 Å². The van der Waals surface area contributed by atoms with E-state index in [0.29, 0.717) is 5.92 Å². The van der Waals surface area contributed by atoms with Crippen molar-refractivity contribution in [2.45, 2.75) is 33.1 Å². The largest absolute Gasteiger partial charge is 1.00 e. The summed E-state index contributed by atoms with van der Waals surface area (Å²) in [6.07, 6.45) is 0. The Balaban J connectivity index is 0. The van der Waals surface area contributed by atoms with Crippen LogP contribution in [-0.2, 0) is 5.41 Å². The Morgan fingerprint density at radius 1 is 1.21 bits per heavy atom. The van der Waals surface area contributed by atoms with E-state index in [1.54, 1.807) is 0 Å². The van der Waals surface area contributed by atoms with E-state index in [9.17, 15) is 0 Å². The number of para-hydroxylation sites is 1. The van der Waals surface area contributed by atoms with Crippen LogP contribution in [0.15, 0.2) is 24.3 Å². The van der Waals surface area contributed by atoms with Crippen molar-refractivity contribution < 1.29 is 20.3 Å².